The highest BCUT2D eigenvalue weighted by atomic mass is 32.1. The van der Waals surface area contributed by atoms with Gasteiger partial charge in [-0.1, -0.05) is 19.9 Å². The average molecular weight is 322 g/mol. The summed E-state index contributed by atoms with van der Waals surface area (Å²) in [6.07, 6.45) is 6.89. The minimum Gasteiger partial charge on any atom is -0.321 e. The molecule has 23 heavy (non-hydrogen) atoms. The summed E-state index contributed by atoms with van der Waals surface area (Å²) in [7, 11) is 0. The van der Waals surface area contributed by atoms with Gasteiger partial charge < -0.3 is 5.32 Å². The lowest BCUT2D eigenvalue weighted by Gasteiger charge is -2.56. The fourth-order valence-electron chi connectivity index (χ4n) is 4.47. The molecule has 1 aromatic carbocycles. The molecule has 4 heteroatoms. The Labute approximate surface area is 139 Å². The van der Waals surface area contributed by atoms with E-state index in [1.807, 2.05) is 17.6 Å². The Morgan fingerprint density at radius 3 is 3.04 bits per heavy atom. The molecule has 3 nitrogen and oxygen atoms in total. The molecule has 3 aliphatic carbocycles. The van der Waals surface area contributed by atoms with E-state index in [1.54, 1.807) is 11.3 Å². The number of carbonyl (C=O) groups is 1. The molecule has 2 aromatic rings. The molecule has 1 aromatic heterocycles. The summed E-state index contributed by atoms with van der Waals surface area (Å²) >= 11 is 1.61. The number of aromatic nitrogens is 1. The highest BCUT2D eigenvalue weighted by Crippen LogP contribution is 2.59. The van der Waals surface area contributed by atoms with Gasteiger partial charge >= 0.3 is 0 Å². The largest absolute Gasteiger partial charge is 0.321 e. The van der Waals surface area contributed by atoms with E-state index in [-0.39, 0.29) is 5.91 Å². The molecule has 116 valence electrons. The third-order valence-corrected chi connectivity index (χ3v) is 6.94. The number of nitrogens with zero attached hydrogens (tertiary/aromatic N) is 1. The van der Waals surface area contributed by atoms with Gasteiger partial charge in [-0.25, -0.2) is 4.98 Å². The molecular weight excluding hydrogens is 304 g/mol. The fraction of sp³-hybridized carbons (Fsp3) is 0.368. The molecule has 0 unspecified atom stereocenters. The molecule has 1 N–H and O–H groups in total. The molecule has 1 fully saturated rings. The molecule has 2 atom stereocenters. The smallest absolute Gasteiger partial charge is 0.256 e. The Balaban J connectivity index is 1.66. The standard InChI is InChI=1S/C19H18N2OS/c1-19(2)11-4-3-10(13(19)8-11)7-12-16-14(21-18(12)22)5-6-15-17(16)23-9-20-15/h3,5-7,9,11,13H,4,8H2,1-2H3,(H,21,22)/b12-7-/t11-,13-/m0/s1. The van der Waals surface area contributed by atoms with Gasteiger partial charge in [-0.3, -0.25) is 4.79 Å². The van der Waals surface area contributed by atoms with Gasteiger partial charge in [-0.2, -0.15) is 0 Å². The van der Waals surface area contributed by atoms with E-state index < -0.39 is 0 Å². The molecule has 2 bridgehead atoms. The van der Waals surface area contributed by atoms with Crippen molar-refractivity contribution in [2.24, 2.45) is 17.3 Å². The zero-order valence-corrected chi connectivity index (χ0v) is 14.0. The predicted molar refractivity (Wildman–Crippen MR) is 94.3 cm³/mol. The first-order valence-corrected chi connectivity index (χ1v) is 9.03. The van der Waals surface area contributed by atoms with Crippen LogP contribution in [0.3, 0.4) is 0 Å². The second-order valence-corrected chi connectivity index (χ2v) is 8.30. The Morgan fingerprint density at radius 1 is 1.39 bits per heavy atom. The fourth-order valence-corrected chi connectivity index (χ4v) is 5.32. The number of carbonyl (C=O) groups excluding carboxylic acids is 1. The number of rotatable bonds is 1. The van der Waals surface area contributed by atoms with Gasteiger partial charge in [-0.05, 0) is 53.9 Å². The zero-order valence-electron chi connectivity index (χ0n) is 13.2. The average Bonchev–Trinajstić information content (AvgIpc) is 3.12. The topological polar surface area (TPSA) is 42.0 Å². The number of benzene rings is 1. The molecule has 1 saturated carbocycles. The third kappa shape index (κ3) is 1.70. The number of hydrogen-bond acceptors (Lipinski definition) is 3. The van der Waals surface area contributed by atoms with E-state index in [2.05, 4.69) is 36.3 Å². The highest BCUT2D eigenvalue weighted by Gasteiger charge is 2.50. The van der Waals surface area contributed by atoms with Crippen molar-refractivity contribution < 1.29 is 4.79 Å². The predicted octanol–water partition coefficient (Wildman–Crippen LogP) is 4.62. The van der Waals surface area contributed by atoms with Crippen molar-refractivity contribution in [3.05, 3.63) is 40.9 Å². The quantitative estimate of drug-likeness (QED) is 0.778. The Bertz CT molecular complexity index is 919. The molecule has 1 aliphatic heterocycles. The van der Waals surface area contributed by atoms with E-state index in [1.165, 1.54) is 12.0 Å². The van der Waals surface area contributed by atoms with Crippen molar-refractivity contribution in [1.29, 1.82) is 0 Å². The number of fused-ring (bicyclic) bond motifs is 4. The minimum absolute atomic E-state index is 0.0149. The zero-order chi connectivity index (χ0) is 15.8. The number of amides is 1. The lowest BCUT2D eigenvalue weighted by atomic mass is 9.49. The highest BCUT2D eigenvalue weighted by molar-refractivity contribution is 7.17. The van der Waals surface area contributed by atoms with Crippen LogP contribution in [0.4, 0.5) is 5.69 Å². The Morgan fingerprint density at radius 2 is 2.26 bits per heavy atom. The normalized spacial score (nSPS) is 29.2. The molecule has 6 rings (SSSR count). The maximum atomic E-state index is 12.5. The molecule has 0 radical (unpaired) electrons. The summed E-state index contributed by atoms with van der Waals surface area (Å²) in [5.74, 6) is 1.42. The van der Waals surface area contributed by atoms with Gasteiger partial charge in [0, 0.05) is 5.56 Å². The van der Waals surface area contributed by atoms with Crippen LogP contribution in [-0.4, -0.2) is 10.9 Å². The van der Waals surface area contributed by atoms with E-state index in [0.717, 1.165) is 39.4 Å². The third-order valence-electron chi connectivity index (χ3n) is 6.08. The number of anilines is 1. The van der Waals surface area contributed by atoms with Crippen LogP contribution in [0.5, 0.6) is 0 Å². The van der Waals surface area contributed by atoms with Crippen LogP contribution in [0.15, 0.2) is 35.4 Å². The number of hydrogen-bond donors (Lipinski definition) is 1. The molecule has 1 amide bonds. The summed E-state index contributed by atoms with van der Waals surface area (Å²) in [4.78, 5) is 16.9. The van der Waals surface area contributed by atoms with Crippen LogP contribution in [0.1, 0.15) is 32.3 Å². The second-order valence-electron chi connectivity index (χ2n) is 7.45. The monoisotopic (exact) mass is 322 g/mol. The number of thiazole rings is 1. The Kier molecular flexibility index (Phi) is 2.54. The van der Waals surface area contributed by atoms with Crippen molar-refractivity contribution in [2.45, 2.75) is 26.7 Å². The molecule has 0 saturated heterocycles. The van der Waals surface area contributed by atoms with Crippen LogP contribution in [0, 0.1) is 17.3 Å². The van der Waals surface area contributed by atoms with E-state index in [4.69, 9.17) is 0 Å². The number of allylic oxidation sites excluding steroid dienone is 3. The first-order chi connectivity index (χ1) is 11.1. The lowest BCUT2D eigenvalue weighted by molar-refractivity contribution is -0.110. The van der Waals surface area contributed by atoms with Crippen LogP contribution in [-0.2, 0) is 4.79 Å². The van der Waals surface area contributed by atoms with Crippen molar-refractivity contribution in [3.63, 3.8) is 0 Å². The second kappa shape index (κ2) is 4.32. The van der Waals surface area contributed by atoms with Gasteiger partial charge in [0.2, 0.25) is 0 Å². The molecular formula is C19H18N2OS. The van der Waals surface area contributed by atoms with Crippen molar-refractivity contribution >= 4 is 38.7 Å². The van der Waals surface area contributed by atoms with Crippen molar-refractivity contribution in [2.75, 3.05) is 5.32 Å². The first kappa shape index (κ1) is 13.5. The SMILES string of the molecule is CC1(C)[C@H]2CC=C(/C=C3\C(=O)Nc4ccc5ncsc5c43)[C@@H]1C2. The van der Waals surface area contributed by atoms with Gasteiger partial charge in [0.25, 0.3) is 5.91 Å². The van der Waals surface area contributed by atoms with Crippen molar-refractivity contribution in [1.82, 2.24) is 4.98 Å². The minimum atomic E-state index is 0.0149. The van der Waals surface area contributed by atoms with E-state index in [9.17, 15) is 4.79 Å². The van der Waals surface area contributed by atoms with Gasteiger partial charge in [-0.15, -0.1) is 11.3 Å². The maximum absolute atomic E-state index is 12.5. The summed E-state index contributed by atoms with van der Waals surface area (Å²) in [5.41, 5.74) is 7.30. The van der Waals surface area contributed by atoms with Crippen LogP contribution in [0.2, 0.25) is 0 Å². The first-order valence-electron chi connectivity index (χ1n) is 8.15. The van der Waals surface area contributed by atoms with Gasteiger partial charge in [0.1, 0.15) is 0 Å². The Hall–Kier alpha value is -1.94. The van der Waals surface area contributed by atoms with E-state index in [0.29, 0.717) is 11.3 Å². The molecule has 0 spiro atoms. The molecule has 4 aliphatic rings. The van der Waals surface area contributed by atoms with Crippen molar-refractivity contribution in [3.8, 4) is 0 Å². The van der Waals surface area contributed by atoms with Gasteiger partial charge in [0.15, 0.2) is 0 Å². The summed E-state index contributed by atoms with van der Waals surface area (Å²) in [6.45, 7) is 4.72. The van der Waals surface area contributed by atoms with E-state index >= 15 is 0 Å². The summed E-state index contributed by atoms with van der Waals surface area (Å²) < 4.78 is 1.11. The van der Waals surface area contributed by atoms with Crippen LogP contribution < -0.4 is 5.32 Å². The summed E-state index contributed by atoms with van der Waals surface area (Å²) in [6, 6.07) is 3.95. The lowest BCUT2D eigenvalue weighted by Crippen LogP contribution is -2.47. The van der Waals surface area contributed by atoms with Gasteiger partial charge in [0.05, 0.1) is 27.0 Å². The summed E-state index contributed by atoms with van der Waals surface area (Å²) in [5, 5.41) is 3.01. The number of nitrogens with one attached hydrogen (secondary N) is 1. The van der Waals surface area contributed by atoms with Crippen LogP contribution in [0.25, 0.3) is 15.8 Å². The van der Waals surface area contributed by atoms with Crippen LogP contribution >= 0.6 is 11.3 Å². The maximum Gasteiger partial charge on any atom is 0.256 e. The molecule has 2 heterocycles.